The average molecular weight is 403 g/mol. The highest BCUT2D eigenvalue weighted by Gasteiger charge is 2.34. The van der Waals surface area contributed by atoms with E-state index in [-0.39, 0.29) is 22.9 Å². The van der Waals surface area contributed by atoms with Gasteiger partial charge in [-0.15, -0.1) is 5.11 Å². The van der Waals surface area contributed by atoms with E-state index >= 15 is 0 Å². The molecular weight excluding hydrogens is 388 g/mol. The third-order valence-corrected chi connectivity index (χ3v) is 4.82. The summed E-state index contributed by atoms with van der Waals surface area (Å²) in [6.07, 6.45) is 0. The van der Waals surface area contributed by atoms with Crippen molar-refractivity contribution in [3.63, 3.8) is 0 Å². The number of hydrogen-bond donors (Lipinski definition) is 2. The maximum absolute atomic E-state index is 11.0. The molecule has 1 aliphatic heterocycles. The molecule has 0 aromatic heterocycles. The Morgan fingerprint density at radius 2 is 1.72 bits per heavy atom. The smallest absolute Gasteiger partial charge is 0.205 e. The van der Waals surface area contributed by atoms with E-state index in [2.05, 4.69) is 16.3 Å². The summed E-state index contributed by atoms with van der Waals surface area (Å²) in [5, 5.41) is 29.5. The second kappa shape index (κ2) is 7.66. The number of nitrogens with two attached hydrogens (primary N) is 1. The molecule has 4 rings (SSSR count). The van der Waals surface area contributed by atoms with Crippen LogP contribution < -0.4 is 10.5 Å². The molecule has 1 unspecified atom stereocenters. The summed E-state index contributed by atoms with van der Waals surface area (Å²) in [5.41, 5.74) is 8.23. The molecule has 0 fully saturated rings. The SMILES string of the molecule is N#CC1=C(N)Oc2ccc(N=Nc3ccccc3)c(O)c2C1c1ccc(Cl)cc1. The van der Waals surface area contributed by atoms with E-state index in [1.807, 2.05) is 18.2 Å². The zero-order valence-electron chi connectivity index (χ0n) is 15.1. The minimum Gasteiger partial charge on any atom is -0.505 e. The highest BCUT2D eigenvalue weighted by molar-refractivity contribution is 6.30. The van der Waals surface area contributed by atoms with Gasteiger partial charge in [0.1, 0.15) is 23.1 Å². The Labute approximate surface area is 172 Å². The lowest BCUT2D eigenvalue weighted by Gasteiger charge is -2.27. The molecule has 1 atom stereocenters. The van der Waals surface area contributed by atoms with Gasteiger partial charge in [0.2, 0.25) is 5.88 Å². The first kappa shape index (κ1) is 18.5. The molecule has 0 saturated carbocycles. The third-order valence-electron chi connectivity index (χ3n) is 4.57. The van der Waals surface area contributed by atoms with Gasteiger partial charge in [0.05, 0.1) is 17.2 Å². The molecule has 3 N–H and O–H groups in total. The van der Waals surface area contributed by atoms with E-state index in [0.29, 0.717) is 22.0 Å². The van der Waals surface area contributed by atoms with Crippen molar-refractivity contribution >= 4 is 23.0 Å². The van der Waals surface area contributed by atoms with Crippen molar-refractivity contribution in [1.82, 2.24) is 0 Å². The second-order valence-corrected chi connectivity index (χ2v) is 6.79. The number of benzene rings is 3. The van der Waals surface area contributed by atoms with Gasteiger partial charge in [0, 0.05) is 5.02 Å². The van der Waals surface area contributed by atoms with Crippen LogP contribution in [0.4, 0.5) is 11.4 Å². The Hall–Kier alpha value is -3.82. The van der Waals surface area contributed by atoms with E-state index in [1.54, 1.807) is 48.5 Å². The molecule has 0 saturated heterocycles. The van der Waals surface area contributed by atoms with E-state index in [9.17, 15) is 10.4 Å². The van der Waals surface area contributed by atoms with E-state index < -0.39 is 5.92 Å². The molecule has 6 nitrogen and oxygen atoms in total. The van der Waals surface area contributed by atoms with Gasteiger partial charge in [-0.1, -0.05) is 41.9 Å². The fraction of sp³-hybridized carbons (Fsp3) is 0.0455. The number of phenolic OH excluding ortho intramolecular Hbond substituents is 1. The summed E-state index contributed by atoms with van der Waals surface area (Å²) in [5.74, 6) is -0.383. The lowest BCUT2D eigenvalue weighted by atomic mass is 9.83. The number of ether oxygens (including phenoxy) is 1. The van der Waals surface area contributed by atoms with Crippen LogP contribution in [0.2, 0.25) is 5.02 Å². The highest BCUT2D eigenvalue weighted by Crippen LogP contribution is 2.49. The number of azo groups is 1. The molecule has 142 valence electrons. The predicted octanol–water partition coefficient (Wildman–Crippen LogP) is 5.68. The number of hydrogen-bond acceptors (Lipinski definition) is 6. The fourth-order valence-corrected chi connectivity index (χ4v) is 3.33. The van der Waals surface area contributed by atoms with Crippen molar-refractivity contribution in [2.45, 2.75) is 5.92 Å². The van der Waals surface area contributed by atoms with Crippen molar-refractivity contribution in [2.24, 2.45) is 16.0 Å². The van der Waals surface area contributed by atoms with Gasteiger partial charge in [0.25, 0.3) is 0 Å². The molecule has 0 spiro atoms. The molecule has 3 aromatic carbocycles. The standard InChI is InChI=1S/C22H15ClN4O2/c23-14-8-6-13(7-9-14)19-16(12-24)22(25)29-18-11-10-17(21(28)20(18)19)27-26-15-4-2-1-3-5-15/h1-11,19,28H,25H2. The summed E-state index contributed by atoms with van der Waals surface area (Å²) in [7, 11) is 0. The number of phenols is 1. The number of rotatable bonds is 3. The molecule has 0 bridgehead atoms. The minimum absolute atomic E-state index is 0.00184. The molecule has 1 heterocycles. The summed E-state index contributed by atoms with van der Waals surface area (Å²) in [6, 6.07) is 21.5. The zero-order valence-corrected chi connectivity index (χ0v) is 15.8. The zero-order chi connectivity index (χ0) is 20.4. The maximum Gasteiger partial charge on any atom is 0.205 e. The summed E-state index contributed by atoms with van der Waals surface area (Å²) in [6.45, 7) is 0. The number of nitriles is 1. The number of aromatic hydroxyl groups is 1. The van der Waals surface area contributed by atoms with E-state index in [1.165, 1.54) is 0 Å². The number of fused-ring (bicyclic) bond motifs is 1. The molecular formula is C22H15ClN4O2. The van der Waals surface area contributed by atoms with Crippen molar-refractivity contribution in [1.29, 1.82) is 5.26 Å². The first-order chi connectivity index (χ1) is 14.1. The van der Waals surface area contributed by atoms with Gasteiger partial charge in [0.15, 0.2) is 5.75 Å². The Bertz CT molecular complexity index is 1170. The van der Waals surface area contributed by atoms with Crippen LogP contribution >= 0.6 is 11.6 Å². The predicted molar refractivity (Wildman–Crippen MR) is 109 cm³/mol. The largest absolute Gasteiger partial charge is 0.505 e. The van der Waals surface area contributed by atoms with Gasteiger partial charge >= 0.3 is 0 Å². The average Bonchev–Trinajstić information content (AvgIpc) is 2.74. The van der Waals surface area contributed by atoms with Crippen molar-refractivity contribution in [3.8, 4) is 17.6 Å². The molecule has 3 aromatic rings. The molecule has 0 aliphatic carbocycles. The van der Waals surface area contributed by atoms with Crippen LogP contribution in [0, 0.1) is 11.3 Å². The van der Waals surface area contributed by atoms with Gasteiger partial charge in [-0.05, 0) is 42.0 Å². The topological polar surface area (TPSA) is 104 Å². The van der Waals surface area contributed by atoms with Crippen LogP contribution in [-0.4, -0.2) is 5.11 Å². The number of allylic oxidation sites excluding steroid dienone is 1. The van der Waals surface area contributed by atoms with Crippen LogP contribution in [0.25, 0.3) is 0 Å². The van der Waals surface area contributed by atoms with E-state index in [4.69, 9.17) is 22.1 Å². The Morgan fingerprint density at radius 3 is 2.41 bits per heavy atom. The maximum atomic E-state index is 11.0. The van der Waals surface area contributed by atoms with Crippen LogP contribution in [0.3, 0.4) is 0 Å². The van der Waals surface area contributed by atoms with Crippen LogP contribution in [0.15, 0.2) is 88.4 Å². The fourth-order valence-electron chi connectivity index (χ4n) is 3.20. The molecule has 29 heavy (non-hydrogen) atoms. The van der Waals surface area contributed by atoms with Gasteiger partial charge in [-0.3, -0.25) is 0 Å². The monoisotopic (exact) mass is 402 g/mol. The Kier molecular flexibility index (Phi) is 4.90. The normalized spacial score (nSPS) is 15.7. The molecule has 7 heteroatoms. The number of halogens is 1. The lowest BCUT2D eigenvalue weighted by molar-refractivity contribution is 0.382. The van der Waals surface area contributed by atoms with Crippen molar-refractivity contribution < 1.29 is 9.84 Å². The van der Waals surface area contributed by atoms with Crippen molar-refractivity contribution in [3.05, 3.63) is 94.3 Å². The second-order valence-electron chi connectivity index (χ2n) is 6.36. The quantitative estimate of drug-likeness (QED) is 0.550. The third kappa shape index (κ3) is 3.51. The first-order valence-corrected chi connectivity index (χ1v) is 9.12. The molecule has 0 radical (unpaired) electrons. The summed E-state index contributed by atoms with van der Waals surface area (Å²) >= 11 is 6.00. The van der Waals surface area contributed by atoms with E-state index in [0.717, 1.165) is 5.56 Å². The van der Waals surface area contributed by atoms with Gasteiger partial charge < -0.3 is 15.6 Å². The molecule has 1 aliphatic rings. The first-order valence-electron chi connectivity index (χ1n) is 8.74. The van der Waals surface area contributed by atoms with Crippen LogP contribution in [0.5, 0.6) is 11.5 Å². The van der Waals surface area contributed by atoms with Gasteiger partial charge in [-0.2, -0.15) is 10.4 Å². The molecule has 0 amide bonds. The van der Waals surface area contributed by atoms with Gasteiger partial charge in [-0.25, -0.2) is 0 Å². The van der Waals surface area contributed by atoms with Crippen LogP contribution in [-0.2, 0) is 0 Å². The minimum atomic E-state index is -0.618. The van der Waals surface area contributed by atoms with Crippen LogP contribution in [0.1, 0.15) is 17.0 Å². The lowest BCUT2D eigenvalue weighted by Crippen LogP contribution is -2.21. The van der Waals surface area contributed by atoms with Crippen molar-refractivity contribution in [2.75, 3.05) is 0 Å². The number of nitrogens with zero attached hydrogens (tertiary/aromatic N) is 3. The Morgan fingerprint density at radius 1 is 1.00 bits per heavy atom. The summed E-state index contributed by atoms with van der Waals surface area (Å²) in [4.78, 5) is 0. The highest BCUT2D eigenvalue weighted by atomic mass is 35.5. The summed E-state index contributed by atoms with van der Waals surface area (Å²) < 4.78 is 5.59. The Balaban J connectivity index is 1.85.